The molecule has 0 amide bonds. The average Bonchev–Trinajstić information content (AvgIpc) is 2.91. The molecule has 21 heavy (non-hydrogen) atoms. The Labute approximate surface area is 127 Å². The van der Waals surface area contributed by atoms with Gasteiger partial charge in [-0.1, -0.05) is 30.5 Å². The highest BCUT2D eigenvalue weighted by atomic mass is 16.5. The van der Waals surface area contributed by atoms with E-state index >= 15 is 0 Å². The number of aryl methyl sites for hydroxylation is 1. The van der Waals surface area contributed by atoms with Crippen LogP contribution < -0.4 is 10.1 Å². The third-order valence-corrected chi connectivity index (χ3v) is 5.05. The molecule has 2 aliphatic rings. The van der Waals surface area contributed by atoms with Crippen molar-refractivity contribution in [2.45, 2.75) is 57.5 Å². The largest absolute Gasteiger partial charge is 0.496 e. The zero-order valence-electron chi connectivity index (χ0n) is 13.0. The second-order valence-electron chi connectivity index (χ2n) is 6.56. The fourth-order valence-corrected chi connectivity index (χ4v) is 3.92. The maximum atomic E-state index is 12.6. The van der Waals surface area contributed by atoms with Crippen molar-refractivity contribution in [2.75, 3.05) is 7.11 Å². The summed E-state index contributed by atoms with van der Waals surface area (Å²) in [5, 5.41) is 3.57. The van der Waals surface area contributed by atoms with Crippen LogP contribution >= 0.6 is 0 Å². The molecule has 2 fully saturated rings. The number of nitrogens with one attached hydrogen (secondary N) is 1. The van der Waals surface area contributed by atoms with Crippen LogP contribution in [0.2, 0.25) is 0 Å². The second kappa shape index (κ2) is 6.18. The smallest absolute Gasteiger partial charge is 0.154 e. The molecule has 1 aromatic rings. The molecule has 0 spiro atoms. The summed E-state index contributed by atoms with van der Waals surface area (Å²) >= 11 is 0. The molecule has 114 valence electrons. The molecular formula is C18H25NO2. The first-order valence-electron chi connectivity index (χ1n) is 8.09. The average molecular weight is 287 g/mol. The Bertz CT molecular complexity index is 512. The predicted octanol–water partition coefficient (Wildman–Crippen LogP) is 3.04. The van der Waals surface area contributed by atoms with E-state index in [4.69, 9.17) is 4.74 Å². The van der Waals surface area contributed by atoms with Crippen molar-refractivity contribution in [1.29, 1.82) is 0 Å². The van der Waals surface area contributed by atoms with Gasteiger partial charge < -0.3 is 10.1 Å². The summed E-state index contributed by atoms with van der Waals surface area (Å²) in [6.45, 7) is 2.05. The number of methoxy groups -OCH3 is 1. The number of ketones is 1. The van der Waals surface area contributed by atoms with Gasteiger partial charge in [-0.25, -0.2) is 0 Å². The zero-order chi connectivity index (χ0) is 14.8. The van der Waals surface area contributed by atoms with E-state index in [2.05, 4.69) is 18.3 Å². The third-order valence-electron chi connectivity index (χ3n) is 5.05. The molecule has 1 aromatic carbocycles. The molecule has 3 atom stereocenters. The van der Waals surface area contributed by atoms with Gasteiger partial charge in [-0.2, -0.15) is 0 Å². The van der Waals surface area contributed by atoms with Crippen LogP contribution in [0, 0.1) is 12.8 Å². The molecule has 1 saturated carbocycles. The number of ether oxygens (including phenoxy) is 1. The zero-order valence-corrected chi connectivity index (χ0v) is 13.0. The molecule has 3 heteroatoms. The topological polar surface area (TPSA) is 38.3 Å². The quantitative estimate of drug-likeness (QED) is 0.925. The lowest BCUT2D eigenvalue weighted by Gasteiger charge is -2.24. The molecule has 0 bridgehead atoms. The number of fused-ring (bicyclic) bond motifs is 1. The maximum absolute atomic E-state index is 12.6. The maximum Gasteiger partial charge on any atom is 0.154 e. The van der Waals surface area contributed by atoms with Crippen LogP contribution in [0.5, 0.6) is 5.75 Å². The summed E-state index contributed by atoms with van der Waals surface area (Å²) in [5.41, 5.74) is 2.19. The first kappa shape index (κ1) is 14.6. The summed E-state index contributed by atoms with van der Waals surface area (Å²) < 4.78 is 5.39. The number of hydrogen-bond acceptors (Lipinski definition) is 3. The summed E-state index contributed by atoms with van der Waals surface area (Å²) in [7, 11) is 1.67. The van der Waals surface area contributed by atoms with Gasteiger partial charge in [0, 0.05) is 18.0 Å². The molecular weight excluding hydrogens is 262 g/mol. The highest BCUT2D eigenvalue weighted by Gasteiger charge is 2.37. The monoisotopic (exact) mass is 287 g/mol. The Morgan fingerprint density at radius 2 is 2.14 bits per heavy atom. The molecule has 0 radical (unpaired) electrons. The molecule has 1 aliphatic carbocycles. The van der Waals surface area contributed by atoms with Gasteiger partial charge in [-0.3, -0.25) is 4.79 Å². The SMILES string of the molecule is COc1ccc(C)cc1CC(=O)C1CC2CCCCC2N1. The van der Waals surface area contributed by atoms with E-state index in [1.807, 2.05) is 12.1 Å². The van der Waals surface area contributed by atoms with Crippen LogP contribution in [-0.2, 0) is 11.2 Å². The van der Waals surface area contributed by atoms with E-state index < -0.39 is 0 Å². The first-order valence-corrected chi connectivity index (χ1v) is 8.09. The van der Waals surface area contributed by atoms with Crippen molar-refractivity contribution >= 4 is 5.78 Å². The van der Waals surface area contributed by atoms with Crippen LogP contribution in [-0.4, -0.2) is 25.0 Å². The summed E-state index contributed by atoms with van der Waals surface area (Å²) in [5.74, 6) is 1.85. The van der Waals surface area contributed by atoms with Crippen molar-refractivity contribution in [3.63, 3.8) is 0 Å². The molecule has 3 nitrogen and oxygen atoms in total. The highest BCUT2D eigenvalue weighted by Crippen LogP contribution is 2.34. The number of carbonyl (C=O) groups excluding carboxylic acids is 1. The third kappa shape index (κ3) is 3.13. The van der Waals surface area contributed by atoms with Gasteiger partial charge in [-0.15, -0.1) is 0 Å². The van der Waals surface area contributed by atoms with E-state index in [1.54, 1.807) is 7.11 Å². The molecule has 3 unspecified atom stereocenters. The summed E-state index contributed by atoms with van der Waals surface area (Å²) in [4.78, 5) is 12.6. The Morgan fingerprint density at radius 1 is 1.33 bits per heavy atom. The van der Waals surface area contributed by atoms with E-state index in [0.717, 1.165) is 17.7 Å². The minimum atomic E-state index is 0.0447. The minimum Gasteiger partial charge on any atom is -0.496 e. The Morgan fingerprint density at radius 3 is 2.90 bits per heavy atom. The van der Waals surface area contributed by atoms with Crippen molar-refractivity contribution in [3.05, 3.63) is 29.3 Å². The normalized spacial score (nSPS) is 28.2. The van der Waals surface area contributed by atoms with Crippen molar-refractivity contribution in [1.82, 2.24) is 5.32 Å². The molecule has 1 aliphatic heterocycles. The van der Waals surface area contributed by atoms with Crippen molar-refractivity contribution in [2.24, 2.45) is 5.92 Å². The van der Waals surface area contributed by atoms with Crippen molar-refractivity contribution in [3.8, 4) is 5.75 Å². The summed E-state index contributed by atoms with van der Waals surface area (Å²) in [6.07, 6.45) is 6.66. The van der Waals surface area contributed by atoms with Crippen LogP contribution in [0.4, 0.5) is 0 Å². The highest BCUT2D eigenvalue weighted by molar-refractivity contribution is 5.87. The molecule has 1 N–H and O–H groups in total. The lowest BCUT2D eigenvalue weighted by atomic mass is 9.84. The Kier molecular flexibility index (Phi) is 4.29. The summed E-state index contributed by atoms with van der Waals surface area (Å²) in [6, 6.07) is 6.67. The second-order valence-corrected chi connectivity index (χ2v) is 6.56. The molecule has 1 heterocycles. The van der Waals surface area contributed by atoms with Gasteiger partial charge in [-0.05, 0) is 38.2 Å². The molecule has 1 saturated heterocycles. The van der Waals surface area contributed by atoms with Crippen LogP contribution in [0.15, 0.2) is 18.2 Å². The number of Topliss-reactive ketones (excluding diaryl/α,β-unsaturated/α-hetero) is 1. The standard InChI is InChI=1S/C18H25NO2/c1-12-7-8-18(21-2)14(9-12)11-17(20)16-10-13-5-3-4-6-15(13)19-16/h7-9,13,15-16,19H,3-6,10-11H2,1-2H3. The molecule has 0 aromatic heterocycles. The Balaban J connectivity index is 1.68. The van der Waals surface area contributed by atoms with Gasteiger partial charge in [0.1, 0.15) is 5.75 Å². The van der Waals surface area contributed by atoms with Crippen LogP contribution in [0.1, 0.15) is 43.2 Å². The number of hydrogen-bond donors (Lipinski definition) is 1. The van der Waals surface area contributed by atoms with Crippen LogP contribution in [0.25, 0.3) is 0 Å². The van der Waals surface area contributed by atoms with E-state index in [0.29, 0.717) is 24.2 Å². The van der Waals surface area contributed by atoms with Gasteiger partial charge in [0.25, 0.3) is 0 Å². The lowest BCUT2D eigenvalue weighted by Crippen LogP contribution is -2.37. The number of carbonyl (C=O) groups is 1. The van der Waals surface area contributed by atoms with Crippen LogP contribution in [0.3, 0.4) is 0 Å². The van der Waals surface area contributed by atoms with E-state index in [1.165, 1.54) is 31.2 Å². The lowest BCUT2D eigenvalue weighted by molar-refractivity contribution is -0.120. The van der Waals surface area contributed by atoms with Gasteiger partial charge in [0.2, 0.25) is 0 Å². The van der Waals surface area contributed by atoms with Gasteiger partial charge in [0.15, 0.2) is 5.78 Å². The molecule has 3 rings (SSSR count). The number of rotatable bonds is 4. The number of benzene rings is 1. The fraction of sp³-hybridized carbons (Fsp3) is 0.611. The predicted molar refractivity (Wildman–Crippen MR) is 83.7 cm³/mol. The first-order chi connectivity index (χ1) is 10.2. The van der Waals surface area contributed by atoms with Crippen molar-refractivity contribution < 1.29 is 9.53 Å². The minimum absolute atomic E-state index is 0.0447. The Hall–Kier alpha value is -1.35. The van der Waals surface area contributed by atoms with E-state index in [9.17, 15) is 4.79 Å². The fourth-order valence-electron chi connectivity index (χ4n) is 3.92. The van der Waals surface area contributed by atoms with E-state index in [-0.39, 0.29) is 6.04 Å². The van der Waals surface area contributed by atoms with Gasteiger partial charge in [0.05, 0.1) is 13.2 Å². The van der Waals surface area contributed by atoms with Gasteiger partial charge >= 0.3 is 0 Å².